The van der Waals surface area contributed by atoms with Crippen molar-refractivity contribution in [2.45, 2.75) is 20.5 Å². The lowest BCUT2D eigenvalue weighted by Crippen LogP contribution is -2.16. The Morgan fingerprint density at radius 2 is 1.78 bits per heavy atom. The largest absolute Gasteiger partial charge is 0.481 e. The first-order valence-electron chi connectivity index (χ1n) is 9.32. The molecule has 0 bridgehead atoms. The highest BCUT2D eigenvalue weighted by Crippen LogP contribution is 2.35. The van der Waals surface area contributed by atoms with E-state index < -0.39 is 18.3 Å². The van der Waals surface area contributed by atoms with E-state index in [2.05, 4.69) is 20.4 Å². The molecule has 0 saturated carbocycles. The molecule has 0 aliphatic carbocycles. The second-order valence-electron chi connectivity index (χ2n) is 6.73. The molecule has 0 aliphatic heterocycles. The van der Waals surface area contributed by atoms with E-state index in [0.29, 0.717) is 28.5 Å². The number of rotatable bonds is 7. The Hall–Kier alpha value is -3.46. The molecule has 3 aromatic rings. The predicted octanol–water partition coefficient (Wildman–Crippen LogP) is 6.10. The molecule has 0 spiro atoms. The number of nitrogens with zero attached hydrogens (tertiary/aromatic N) is 1. The molecule has 0 atom stereocenters. The zero-order valence-corrected chi connectivity index (χ0v) is 18.1. The van der Waals surface area contributed by atoms with Crippen molar-refractivity contribution in [3.8, 4) is 11.6 Å². The number of alkyl halides is 2. The summed E-state index contributed by atoms with van der Waals surface area (Å²) >= 11 is 6.07. The first kappa shape index (κ1) is 23.2. The molecule has 0 fully saturated rings. The number of hydrogen-bond acceptors (Lipinski definition) is 5. The number of hydrogen-bond donors (Lipinski definition) is 2. The minimum Gasteiger partial charge on any atom is -0.481 e. The maximum atomic E-state index is 13.5. The number of aromatic nitrogens is 1. The van der Waals surface area contributed by atoms with E-state index in [9.17, 15) is 18.0 Å². The van der Waals surface area contributed by atoms with Crippen LogP contribution in [0.3, 0.4) is 0 Å². The molecule has 0 saturated heterocycles. The Morgan fingerprint density at radius 1 is 1.06 bits per heavy atom. The lowest BCUT2D eigenvalue weighted by atomic mass is 10.1. The average molecular weight is 466 g/mol. The number of anilines is 3. The van der Waals surface area contributed by atoms with Gasteiger partial charge < -0.3 is 20.1 Å². The van der Waals surface area contributed by atoms with Crippen LogP contribution >= 0.6 is 11.6 Å². The number of amides is 1. The van der Waals surface area contributed by atoms with Crippen molar-refractivity contribution in [3.05, 3.63) is 70.1 Å². The van der Waals surface area contributed by atoms with Gasteiger partial charge in [-0.05, 0) is 49.7 Å². The van der Waals surface area contributed by atoms with Gasteiger partial charge in [-0.1, -0.05) is 11.6 Å². The summed E-state index contributed by atoms with van der Waals surface area (Å²) in [6.45, 7) is 0.232. The van der Waals surface area contributed by atoms with E-state index in [-0.39, 0.29) is 22.0 Å². The highest BCUT2D eigenvalue weighted by atomic mass is 35.5. The maximum absolute atomic E-state index is 13.5. The topological polar surface area (TPSA) is 72.5 Å². The molecule has 2 N–H and O–H groups in total. The summed E-state index contributed by atoms with van der Waals surface area (Å²) in [5.74, 6) is -0.951. The summed E-state index contributed by atoms with van der Waals surface area (Å²) in [6.07, 6.45) is 0. The first-order valence-corrected chi connectivity index (χ1v) is 9.70. The van der Waals surface area contributed by atoms with Gasteiger partial charge in [-0.3, -0.25) is 4.79 Å². The van der Waals surface area contributed by atoms with Gasteiger partial charge in [-0.15, -0.1) is 0 Å². The van der Waals surface area contributed by atoms with Gasteiger partial charge in [0.05, 0.1) is 34.8 Å². The van der Waals surface area contributed by atoms with Crippen LogP contribution in [0.25, 0.3) is 0 Å². The third-order valence-electron chi connectivity index (χ3n) is 4.51. The van der Waals surface area contributed by atoms with Crippen LogP contribution in [-0.2, 0) is 0 Å². The van der Waals surface area contributed by atoms with Gasteiger partial charge in [-0.25, -0.2) is 9.37 Å². The van der Waals surface area contributed by atoms with Gasteiger partial charge in [0, 0.05) is 17.8 Å². The SMILES string of the molecule is COc1ccc(NC(=O)c2cc(Cl)c(OC(F)F)cc2Nc2ccc(F)cc2C)c(C)n1. The smallest absolute Gasteiger partial charge is 0.387 e. The molecule has 0 aliphatic rings. The minimum atomic E-state index is -3.11. The second-order valence-corrected chi connectivity index (χ2v) is 7.14. The van der Waals surface area contributed by atoms with E-state index in [0.717, 1.165) is 0 Å². The Morgan fingerprint density at radius 3 is 2.41 bits per heavy atom. The third kappa shape index (κ3) is 5.42. The predicted molar refractivity (Wildman–Crippen MR) is 116 cm³/mol. The van der Waals surface area contributed by atoms with Crippen molar-refractivity contribution in [1.29, 1.82) is 0 Å². The molecule has 0 unspecified atom stereocenters. The normalized spacial score (nSPS) is 10.8. The Balaban J connectivity index is 2.00. The summed E-state index contributed by atoms with van der Waals surface area (Å²) in [5, 5.41) is 5.49. The van der Waals surface area contributed by atoms with Crippen LogP contribution in [-0.4, -0.2) is 24.6 Å². The molecule has 1 aromatic heterocycles. The van der Waals surface area contributed by atoms with Crippen molar-refractivity contribution in [2.75, 3.05) is 17.7 Å². The van der Waals surface area contributed by atoms with E-state index >= 15 is 0 Å². The lowest BCUT2D eigenvalue weighted by molar-refractivity contribution is -0.0497. The molecule has 1 amide bonds. The molecule has 10 heteroatoms. The number of aryl methyl sites for hydroxylation is 2. The zero-order valence-electron chi connectivity index (χ0n) is 17.3. The number of carbonyl (C=O) groups excluding carboxylic acids is 1. The van der Waals surface area contributed by atoms with Gasteiger partial charge in [0.15, 0.2) is 0 Å². The molecular weight excluding hydrogens is 447 g/mol. The van der Waals surface area contributed by atoms with Crippen molar-refractivity contribution in [3.63, 3.8) is 0 Å². The molecule has 3 rings (SSSR count). The van der Waals surface area contributed by atoms with Gasteiger partial charge >= 0.3 is 6.61 Å². The van der Waals surface area contributed by atoms with Crippen LogP contribution in [0, 0.1) is 19.7 Å². The summed E-state index contributed by atoms with van der Waals surface area (Å²) in [4.78, 5) is 17.2. The second kappa shape index (κ2) is 9.78. The highest BCUT2D eigenvalue weighted by molar-refractivity contribution is 6.32. The minimum absolute atomic E-state index is 0.0514. The van der Waals surface area contributed by atoms with Crippen LogP contribution in [0.2, 0.25) is 5.02 Å². The monoisotopic (exact) mass is 465 g/mol. The number of nitrogens with one attached hydrogen (secondary N) is 2. The number of carbonyl (C=O) groups is 1. The number of benzene rings is 2. The Bertz CT molecular complexity index is 1160. The van der Waals surface area contributed by atoms with E-state index in [4.69, 9.17) is 16.3 Å². The summed E-state index contributed by atoms with van der Waals surface area (Å²) < 4.78 is 48.5. The fourth-order valence-corrected chi connectivity index (χ4v) is 3.13. The molecule has 0 radical (unpaired) electrons. The van der Waals surface area contributed by atoms with Gasteiger partial charge in [0.25, 0.3) is 5.91 Å². The molecular formula is C22H19ClF3N3O3. The Kier molecular flexibility index (Phi) is 7.09. The van der Waals surface area contributed by atoms with Gasteiger partial charge in [0.2, 0.25) is 5.88 Å². The van der Waals surface area contributed by atoms with Crippen LogP contribution in [0.5, 0.6) is 11.6 Å². The van der Waals surface area contributed by atoms with Crippen molar-refractivity contribution in [2.24, 2.45) is 0 Å². The van der Waals surface area contributed by atoms with Crippen molar-refractivity contribution in [1.82, 2.24) is 4.98 Å². The van der Waals surface area contributed by atoms with Crippen LogP contribution < -0.4 is 20.1 Å². The highest BCUT2D eigenvalue weighted by Gasteiger charge is 2.20. The Labute approximate surface area is 187 Å². The summed E-state index contributed by atoms with van der Waals surface area (Å²) in [5.41, 5.74) is 2.12. The van der Waals surface area contributed by atoms with E-state index in [1.165, 1.54) is 37.4 Å². The zero-order chi connectivity index (χ0) is 23.4. The quantitative estimate of drug-likeness (QED) is 0.441. The molecule has 1 heterocycles. The summed E-state index contributed by atoms with van der Waals surface area (Å²) in [6, 6.07) is 9.58. The molecule has 6 nitrogen and oxygen atoms in total. The molecule has 32 heavy (non-hydrogen) atoms. The average Bonchev–Trinajstić information content (AvgIpc) is 2.73. The number of methoxy groups -OCH3 is 1. The van der Waals surface area contributed by atoms with Gasteiger partial charge in [-0.2, -0.15) is 8.78 Å². The lowest BCUT2D eigenvalue weighted by Gasteiger charge is -2.17. The van der Waals surface area contributed by atoms with Gasteiger partial charge in [0.1, 0.15) is 11.6 Å². The maximum Gasteiger partial charge on any atom is 0.387 e. The van der Waals surface area contributed by atoms with Crippen LogP contribution in [0.1, 0.15) is 21.6 Å². The number of pyridine rings is 1. The van der Waals surface area contributed by atoms with Crippen LogP contribution in [0.15, 0.2) is 42.5 Å². The van der Waals surface area contributed by atoms with E-state index in [1.54, 1.807) is 26.0 Å². The summed E-state index contributed by atoms with van der Waals surface area (Å²) in [7, 11) is 1.47. The number of ether oxygens (including phenoxy) is 2. The fourth-order valence-electron chi connectivity index (χ4n) is 2.92. The van der Waals surface area contributed by atoms with Crippen molar-refractivity contribution < 1.29 is 27.4 Å². The molecule has 168 valence electrons. The van der Waals surface area contributed by atoms with E-state index in [1.807, 2.05) is 0 Å². The number of halogens is 4. The molecule has 2 aromatic carbocycles. The van der Waals surface area contributed by atoms with Crippen molar-refractivity contribution >= 4 is 34.6 Å². The fraction of sp³-hybridized carbons (Fsp3) is 0.182. The van der Waals surface area contributed by atoms with Crippen LogP contribution in [0.4, 0.5) is 30.2 Å². The first-order chi connectivity index (χ1) is 15.2. The third-order valence-corrected chi connectivity index (χ3v) is 4.80. The standard InChI is InChI=1S/C22H19ClF3N3O3/c1-11-8-13(24)4-5-16(11)28-18-10-19(32-22(25)26)15(23)9-14(18)21(30)29-17-6-7-20(31-3)27-12(17)2/h4-10,22,28H,1-3H3,(H,29,30).